The van der Waals surface area contributed by atoms with E-state index in [-0.39, 0.29) is 17.6 Å². The number of methoxy groups -OCH3 is 1. The number of hydrogen-bond donors (Lipinski definition) is 1. The van der Waals surface area contributed by atoms with Crippen molar-refractivity contribution in [3.63, 3.8) is 0 Å². The number of hydrogen-bond acceptors (Lipinski definition) is 3. The van der Waals surface area contributed by atoms with Crippen molar-refractivity contribution >= 4 is 11.3 Å². The van der Waals surface area contributed by atoms with E-state index in [0.29, 0.717) is 12.0 Å². The zero-order valence-electron chi connectivity index (χ0n) is 9.52. The first-order valence-electron chi connectivity index (χ1n) is 5.31. The van der Waals surface area contributed by atoms with Crippen molar-refractivity contribution < 1.29 is 9.13 Å². The van der Waals surface area contributed by atoms with Gasteiger partial charge in [0.2, 0.25) is 0 Å². The number of rotatable bonds is 4. The van der Waals surface area contributed by atoms with Crippen LogP contribution in [0.3, 0.4) is 0 Å². The SMILES string of the molecule is COc1cccc(CC(N)c2ccsc2)c1F. The van der Waals surface area contributed by atoms with Crippen LogP contribution in [0.2, 0.25) is 0 Å². The third-order valence-electron chi connectivity index (χ3n) is 2.67. The molecule has 1 unspecified atom stereocenters. The molecule has 0 aliphatic rings. The summed E-state index contributed by atoms with van der Waals surface area (Å²) >= 11 is 1.59. The Hall–Kier alpha value is -1.39. The Balaban J connectivity index is 2.19. The molecule has 1 aromatic heterocycles. The van der Waals surface area contributed by atoms with Crippen molar-refractivity contribution in [3.8, 4) is 5.75 Å². The second-order valence-corrected chi connectivity index (χ2v) is 4.58. The number of nitrogens with two attached hydrogens (primary N) is 1. The van der Waals surface area contributed by atoms with E-state index in [1.54, 1.807) is 29.5 Å². The maximum atomic E-state index is 13.9. The van der Waals surface area contributed by atoms with Gasteiger partial charge in [0, 0.05) is 6.04 Å². The summed E-state index contributed by atoms with van der Waals surface area (Å²) in [6.45, 7) is 0. The molecule has 0 fully saturated rings. The average molecular weight is 251 g/mol. The molecule has 4 heteroatoms. The van der Waals surface area contributed by atoms with Crippen LogP contribution in [-0.4, -0.2) is 7.11 Å². The summed E-state index contributed by atoms with van der Waals surface area (Å²) in [5, 5.41) is 3.96. The van der Waals surface area contributed by atoms with Gasteiger partial charge in [-0.1, -0.05) is 12.1 Å². The summed E-state index contributed by atoms with van der Waals surface area (Å²) in [6.07, 6.45) is 0.472. The Morgan fingerprint density at radius 1 is 1.41 bits per heavy atom. The van der Waals surface area contributed by atoms with Crippen LogP contribution in [0.4, 0.5) is 4.39 Å². The molecule has 2 N–H and O–H groups in total. The summed E-state index contributed by atoms with van der Waals surface area (Å²) < 4.78 is 18.8. The molecule has 0 amide bonds. The molecule has 90 valence electrons. The average Bonchev–Trinajstić information content (AvgIpc) is 2.85. The molecular weight excluding hydrogens is 237 g/mol. The van der Waals surface area contributed by atoms with Gasteiger partial charge in [-0.15, -0.1) is 0 Å². The zero-order chi connectivity index (χ0) is 12.3. The van der Waals surface area contributed by atoms with Crippen molar-refractivity contribution in [2.75, 3.05) is 7.11 Å². The lowest BCUT2D eigenvalue weighted by Gasteiger charge is -2.12. The summed E-state index contributed by atoms with van der Waals surface area (Å²) in [4.78, 5) is 0. The van der Waals surface area contributed by atoms with E-state index in [2.05, 4.69) is 0 Å². The van der Waals surface area contributed by atoms with Crippen molar-refractivity contribution in [1.82, 2.24) is 0 Å². The predicted molar refractivity (Wildman–Crippen MR) is 67.9 cm³/mol. The Kier molecular flexibility index (Phi) is 3.76. The monoisotopic (exact) mass is 251 g/mol. The molecule has 0 aliphatic heterocycles. The summed E-state index contributed by atoms with van der Waals surface area (Å²) in [5.74, 6) is -0.0549. The second-order valence-electron chi connectivity index (χ2n) is 3.80. The quantitative estimate of drug-likeness (QED) is 0.906. The van der Waals surface area contributed by atoms with Crippen LogP contribution in [0.1, 0.15) is 17.2 Å². The second kappa shape index (κ2) is 5.29. The first-order valence-corrected chi connectivity index (χ1v) is 6.25. The zero-order valence-corrected chi connectivity index (χ0v) is 10.3. The van der Waals surface area contributed by atoms with E-state index in [9.17, 15) is 4.39 Å². The van der Waals surface area contributed by atoms with Gasteiger partial charge in [0.15, 0.2) is 11.6 Å². The smallest absolute Gasteiger partial charge is 0.168 e. The maximum absolute atomic E-state index is 13.9. The van der Waals surface area contributed by atoms with E-state index in [1.165, 1.54) is 7.11 Å². The molecule has 0 bridgehead atoms. The van der Waals surface area contributed by atoms with Gasteiger partial charge in [-0.25, -0.2) is 4.39 Å². The van der Waals surface area contributed by atoms with Gasteiger partial charge in [0.1, 0.15) is 0 Å². The minimum Gasteiger partial charge on any atom is -0.494 e. The van der Waals surface area contributed by atoms with E-state index in [4.69, 9.17) is 10.5 Å². The van der Waals surface area contributed by atoms with Crippen molar-refractivity contribution in [3.05, 3.63) is 52.0 Å². The Labute approximate surface area is 104 Å². The number of benzene rings is 1. The van der Waals surface area contributed by atoms with Gasteiger partial charge in [-0.05, 0) is 40.4 Å². The Morgan fingerprint density at radius 3 is 2.88 bits per heavy atom. The maximum Gasteiger partial charge on any atom is 0.168 e. The highest BCUT2D eigenvalue weighted by Gasteiger charge is 2.13. The molecule has 0 radical (unpaired) electrons. The first kappa shape index (κ1) is 12.1. The van der Waals surface area contributed by atoms with E-state index < -0.39 is 0 Å². The molecule has 0 aliphatic carbocycles. The molecule has 0 saturated heterocycles. The van der Waals surface area contributed by atoms with Gasteiger partial charge in [-0.3, -0.25) is 0 Å². The lowest BCUT2D eigenvalue weighted by atomic mass is 10.0. The molecule has 2 aromatic rings. The van der Waals surface area contributed by atoms with E-state index in [1.807, 2.05) is 16.8 Å². The highest BCUT2D eigenvalue weighted by Crippen LogP contribution is 2.24. The van der Waals surface area contributed by atoms with Crippen LogP contribution in [0.15, 0.2) is 35.0 Å². The molecule has 0 saturated carbocycles. The van der Waals surface area contributed by atoms with Gasteiger partial charge < -0.3 is 10.5 Å². The third-order valence-corrected chi connectivity index (χ3v) is 3.38. The van der Waals surface area contributed by atoms with Crippen LogP contribution < -0.4 is 10.5 Å². The van der Waals surface area contributed by atoms with Crippen LogP contribution >= 0.6 is 11.3 Å². The van der Waals surface area contributed by atoms with Gasteiger partial charge in [0.05, 0.1) is 7.11 Å². The standard InChI is InChI=1S/C13H14FNOS/c1-16-12-4-2-3-9(13(12)14)7-11(15)10-5-6-17-8-10/h2-6,8,11H,7,15H2,1H3. The summed E-state index contributed by atoms with van der Waals surface area (Å²) in [6, 6.07) is 6.91. The fourth-order valence-electron chi connectivity index (χ4n) is 1.71. The predicted octanol–water partition coefficient (Wildman–Crippen LogP) is 3.14. The Bertz CT molecular complexity index is 484. The molecule has 1 aromatic carbocycles. The van der Waals surface area contributed by atoms with Crippen molar-refractivity contribution in [2.45, 2.75) is 12.5 Å². The fourth-order valence-corrected chi connectivity index (χ4v) is 2.44. The highest BCUT2D eigenvalue weighted by molar-refractivity contribution is 7.07. The molecule has 17 heavy (non-hydrogen) atoms. The van der Waals surface area contributed by atoms with Crippen LogP contribution in [0.25, 0.3) is 0 Å². The minimum absolute atomic E-state index is 0.178. The molecule has 1 heterocycles. The Morgan fingerprint density at radius 2 is 2.24 bits per heavy atom. The molecule has 1 atom stereocenters. The van der Waals surface area contributed by atoms with E-state index in [0.717, 1.165) is 5.56 Å². The molecule has 2 nitrogen and oxygen atoms in total. The van der Waals surface area contributed by atoms with Gasteiger partial charge >= 0.3 is 0 Å². The molecular formula is C13H14FNOS. The van der Waals surface area contributed by atoms with Crippen LogP contribution in [0.5, 0.6) is 5.75 Å². The van der Waals surface area contributed by atoms with E-state index >= 15 is 0 Å². The van der Waals surface area contributed by atoms with Crippen molar-refractivity contribution in [1.29, 1.82) is 0 Å². The largest absolute Gasteiger partial charge is 0.494 e. The van der Waals surface area contributed by atoms with Crippen molar-refractivity contribution in [2.24, 2.45) is 5.73 Å². The van der Waals surface area contributed by atoms with Crippen LogP contribution in [0, 0.1) is 5.82 Å². The molecule has 2 rings (SSSR count). The fraction of sp³-hybridized carbons (Fsp3) is 0.231. The normalized spacial score (nSPS) is 12.4. The van der Waals surface area contributed by atoms with Gasteiger partial charge in [0.25, 0.3) is 0 Å². The number of thiophene rings is 1. The van der Waals surface area contributed by atoms with Crippen LogP contribution in [-0.2, 0) is 6.42 Å². The lowest BCUT2D eigenvalue weighted by Crippen LogP contribution is -2.13. The van der Waals surface area contributed by atoms with Gasteiger partial charge in [-0.2, -0.15) is 11.3 Å². The number of ether oxygens (including phenoxy) is 1. The summed E-state index contributed by atoms with van der Waals surface area (Å²) in [5.41, 5.74) is 7.66. The topological polar surface area (TPSA) is 35.2 Å². The third kappa shape index (κ3) is 2.65. The highest BCUT2D eigenvalue weighted by atomic mass is 32.1. The lowest BCUT2D eigenvalue weighted by molar-refractivity contribution is 0.383. The molecule has 0 spiro atoms. The number of halogens is 1. The minimum atomic E-state index is -0.319. The summed E-state index contributed by atoms with van der Waals surface area (Å²) in [7, 11) is 1.46. The first-order chi connectivity index (χ1) is 8.22.